The average Bonchev–Trinajstić information content (AvgIpc) is 3.10. The summed E-state index contributed by atoms with van der Waals surface area (Å²) in [6, 6.07) is 0. The SMILES string of the molecule is CC/C=C\C/C=C\C/C=C\CCCCCCCC(=O)O[C@H](COC(=O)CCCCCCCCCCCCCCCC)COP(=O)(O)OCCN. The van der Waals surface area contributed by atoms with Crippen molar-refractivity contribution < 1.29 is 37.6 Å². The summed E-state index contributed by atoms with van der Waals surface area (Å²) < 4.78 is 32.7. The second kappa shape index (κ2) is 37.0. The van der Waals surface area contributed by atoms with Crippen LogP contribution in [0.5, 0.6) is 0 Å². The van der Waals surface area contributed by atoms with Crippen molar-refractivity contribution in [3.05, 3.63) is 36.5 Å². The lowest BCUT2D eigenvalue weighted by Crippen LogP contribution is -2.29. The first-order chi connectivity index (χ1) is 24.3. The summed E-state index contributed by atoms with van der Waals surface area (Å²) in [6.45, 7) is 3.60. The van der Waals surface area contributed by atoms with Gasteiger partial charge in [0.15, 0.2) is 6.10 Å². The summed E-state index contributed by atoms with van der Waals surface area (Å²) in [5.41, 5.74) is 5.33. The van der Waals surface area contributed by atoms with Crippen molar-refractivity contribution in [3.8, 4) is 0 Å². The van der Waals surface area contributed by atoms with Crippen LogP contribution in [0.25, 0.3) is 0 Å². The number of hydrogen-bond acceptors (Lipinski definition) is 8. The molecule has 0 radical (unpaired) electrons. The second-order valence-electron chi connectivity index (χ2n) is 13.1. The van der Waals surface area contributed by atoms with E-state index in [0.29, 0.717) is 6.42 Å². The fourth-order valence-corrected chi connectivity index (χ4v) is 6.12. The van der Waals surface area contributed by atoms with Crippen LogP contribution < -0.4 is 5.73 Å². The number of carbonyl (C=O) groups excluding carboxylic acids is 2. The molecule has 0 amide bonds. The molecule has 0 saturated carbocycles. The standard InChI is InChI=1S/C40H74NO8P/c1-3-5-7-9-11-13-15-17-19-21-23-25-27-29-31-33-40(43)49-38(37-48-50(44,45)47-35-34-41)36-46-39(42)32-30-28-26-24-22-20-18-16-14-12-10-8-6-4-2/h5,7,11,13,17,19,38H,3-4,6,8-10,12,14-16,18,20-37,41H2,1-2H3,(H,44,45)/b7-5-,13-11-,19-17-/t38-/m1/s1. The van der Waals surface area contributed by atoms with E-state index < -0.39 is 26.5 Å². The van der Waals surface area contributed by atoms with Gasteiger partial charge in [0, 0.05) is 19.4 Å². The number of allylic oxidation sites excluding steroid dienone is 6. The number of phosphoric ester groups is 1. The molecular weight excluding hydrogens is 653 g/mol. The number of esters is 2. The fourth-order valence-electron chi connectivity index (χ4n) is 5.35. The van der Waals surface area contributed by atoms with Gasteiger partial charge in [-0.1, -0.05) is 153 Å². The minimum Gasteiger partial charge on any atom is -0.462 e. The number of ether oxygens (including phenoxy) is 2. The maximum atomic E-state index is 12.5. The molecule has 2 atom stereocenters. The van der Waals surface area contributed by atoms with E-state index in [0.717, 1.165) is 70.6 Å². The number of phosphoric acid groups is 1. The van der Waals surface area contributed by atoms with Crippen LogP contribution in [-0.4, -0.2) is 49.3 Å². The molecule has 0 aromatic heterocycles. The Kier molecular flexibility index (Phi) is 35.7. The van der Waals surface area contributed by atoms with Crippen molar-refractivity contribution in [3.63, 3.8) is 0 Å². The van der Waals surface area contributed by atoms with Crippen LogP contribution >= 0.6 is 7.82 Å². The highest BCUT2D eigenvalue weighted by Gasteiger charge is 2.25. The minimum atomic E-state index is -4.37. The van der Waals surface area contributed by atoms with Crippen molar-refractivity contribution in [1.29, 1.82) is 0 Å². The molecule has 0 saturated heterocycles. The number of hydrogen-bond donors (Lipinski definition) is 2. The third kappa shape index (κ3) is 36.0. The van der Waals surface area contributed by atoms with E-state index >= 15 is 0 Å². The topological polar surface area (TPSA) is 134 Å². The van der Waals surface area contributed by atoms with E-state index in [9.17, 15) is 19.0 Å². The van der Waals surface area contributed by atoms with Crippen molar-refractivity contribution >= 4 is 19.8 Å². The summed E-state index contributed by atoms with van der Waals surface area (Å²) in [4.78, 5) is 34.8. The molecule has 0 aromatic rings. The van der Waals surface area contributed by atoms with Crippen molar-refractivity contribution in [2.75, 3.05) is 26.4 Å². The Morgan fingerprint density at radius 2 is 1.10 bits per heavy atom. The van der Waals surface area contributed by atoms with Crippen LogP contribution in [0.15, 0.2) is 36.5 Å². The molecule has 0 rings (SSSR count). The minimum absolute atomic E-state index is 0.0505. The summed E-state index contributed by atoms with van der Waals surface area (Å²) in [7, 11) is -4.37. The van der Waals surface area contributed by atoms with E-state index in [1.54, 1.807) is 0 Å². The van der Waals surface area contributed by atoms with E-state index in [1.165, 1.54) is 70.6 Å². The largest absolute Gasteiger partial charge is 0.472 e. The number of unbranched alkanes of at least 4 members (excludes halogenated alkanes) is 18. The Morgan fingerprint density at radius 1 is 0.620 bits per heavy atom. The van der Waals surface area contributed by atoms with Crippen molar-refractivity contribution in [2.24, 2.45) is 5.73 Å². The second-order valence-corrected chi connectivity index (χ2v) is 14.6. The molecule has 0 aromatic carbocycles. The Bertz CT molecular complexity index is 923. The smallest absolute Gasteiger partial charge is 0.462 e. The van der Waals surface area contributed by atoms with Crippen molar-refractivity contribution in [1.82, 2.24) is 0 Å². The molecule has 50 heavy (non-hydrogen) atoms. The maximum absolute atomic E-state index is 12.5. The lowest BCUT2D eigenvalue weighted by atomic mass is 10.0. The molecule has 0 aliphatic heterocycles. The zero-order valence-corrected chi connectivity index (χ0v) is 32.8. The zero-order chi connectivity index (χ0) is 36.8. The van der Waals surface area contributed by atoms with Gasteiger partial charge in [-0.2, -0.15) is 0 Å². The number of carbonyl (C=O) groups is 2. The molecule has 1 unspecified atom stereocenters. The molecule has 0 fully saturated rings. The predicted molar refractivity (Wildman–Crippen MR) is 206 cm³/mol. The lowest BCUT2D eigenvalue weighted by Gasteiger charge is -2.19. The fraction of sp³-hybridized carbons (Fsp3) is 0.800. The molecule has 3 N–H and O–H groups in total. The molecule has 292 valence electrons. The first-order valence-electron chi connectivity index (χ1n) is 20.0. The number of rotatable bonds is 37. The van der Waals surface area contributed by atoms with Crippen LogP contribution in [0.2, 0.25) is 0 Å². The van der Waals surface area contributed by atoms with Gasteiger partial charge in [0.25, 0.3) is 0 Å². The highest BCUT2D eigenvalue weighted by Crippen LogP contribution is 2.43. The normalized spacial score (nSPS) is 13.8. The Hall–Kier alpha value is -1.77. The van der Waals surface area contributed by atoms with Crippen molar-refractivity contribution in [2.45, 2.75) is 180 Å². The van der Waals surface area contributed by atoms with E-state index in [1.807, 2.05) is 0 Å². The molecule has 9 nitrogen and oxygen atoms in total. The van der Waals surface area contributed by atoms with Gasteiger partial charge < -0.3 is 20.1 Å². The summed E-state index contributed by atoms with van der Waals surface area (Å²) >= 11 is 0. The monoisotopic (exact) mass is 728 g/mol. The molecule has 0 aliphatic carbocycles. The van der Waals surface area contributed by atoms with E-state index in [2.05, 4.69) is 50.3 Å². The molecule has 0 bridgehead atoms. The third-order valence-corrected chi connectivity index (χ3v) is 9.27. The molecule has 0 spiro atoms. The predicted octanol–water partition coefficient (Wildman–Crippen LogP) is 11.0. The molecular formula is C40H74NO8P. The maximum Gasteiger partial charge on any atom is 0.472 e. The van der Waals surface area contributed by atoms with Gasteiger partial charge in [-0.3, -0.25) is 18.6 Å². The molecule has 0 heterocycles. The van der Waals surface area contributed by atoms with Crippen LogP contribution in [0.3, 0.4) is 0 Å². The zero-order valence-electron chi connectivity index (χ0n) is 31.9. The Labute approximate surface area is 305 Å². The average molecular weight is 728 g/mol. The van der Waals surface area contributed by atoms with Gasteiger partial charge in [-0.25, -0.2) is 4.57 Å². The van der Waals surface area contributed by atoms with Gasteiger partial charge in [0.1, 0.15) is 6.61 Å². The van der Waals surface area contributed by atoms with Gasteiger partial charge in [0.2, 0.25) is 0 Å². The van der Waals surface area contributed by atoms with Crippen LogP contribution in [0.4, 0.5) is 0 Å². The molecule has 0 aliphatic rings. The summed E-state index contributed by atoms with van der Waals surface area (Å²) in [6.07, 6.45) is 38.8. The highest BCUT2D eigenvalue weighted by atomic mass is 31.2. The van der Waals surface area contributed by atoms with E-state index in [-0.39, 0.29) is 38.6 Å². The summed E-state index contributed by atoms with van der Waals surface area (Å²) in [5.74, 6) is -0.846. The highest BCUT2D eigenvalue weighted by molar-refractivity contribution is 7.47. The summed E-state index contributed by atoms with van der Waals surface area (Å²) in [5, 5.41) is 0. The number of nitrogens with two attached hydrogens (primary N) is 1. The van der Waals surface area contributed by atoms with Gasteiger partial charge in [0.05, 0.1) is 13.2 Å². The molecule has 10 heteroatoms. The first kappa shape index (κ1) is 48.2. The van der Waals surface area contributed by atoms with Crippen LogP contribution in [0.1, 0.15) is 174 Å². The van der Waals surface area contributed by atoms with Crippen LogP contribution in [-0.2, 0) is 32.7 Å². The third-order valence-electron chi connectivity index (χ3n) is 8.29. The van der Waals surface area contributed by atoms with Gasteiger partial charge in [-0.15, -0.1) is 0 Å². The Balaban J connectivity index is 4.22. The van der Waals surface area contributed by atoms with Crippen LogP contribution in [0, 0.1) is 0 Å². The first-order valence-corrected chi connectivity index (χ1v) is 21.5. The van der Waals surface area contributed by atoms with E-state index in [4.69, 9.17) is 24.3 Å². The van der Waals surface area contributed by atoms with Gasteiger partial charge in [-0.05, 0) is 44.9 Å². The quantitative estimate of drug-likeness (QED) is 0.0277. The van der Waals surface area contributed by atoms with Gasteiger partial charge >= 0.3 is 19.8 Å². The lowest BCUT2D eigenvalue weighted by molar-refractivity contribution is -0.161. The Morgan fingerprint density at radius 3 is 1.64 bits per heavy atom.